The lowest BCUT2D eigenvalue weighted by Crippen LogP contribution is -2.35. The number of hydrogen-bond acceptors (Lipinski definition) is 4. The Bertz CT molecular complexity index is 865. The third-order valence-electron chi connectivity index (χ3n) is 5.22. The highest BCUT2D eigenvalue weighted by molar-refractivity contribution is 5.29. The summed E-state index contributed by atoms with van der Waals surface area (Å²) in [5.41, 5.74) is 5.40. The molecule has 0 aliphatic carbocycles. The second-order valence-corrected chi connectivity index (χ2v) is 7.26. The summed E-state index contributed by atoms with van der Waals surface area (Å²) in [5, 5.41) is 3.56. The number of nitrogens with zero attached hydrogens (tertiary/aromatic N) is 2. The molecule has 1 aromatic heterocycles. The van der Waals surface area contributed by atoms with Crippen LogP contribution in [0.1, 0.15) is 22.3 Å². The van der Waals surface area contributed by atoms with Gasteiger partial charge in [-0.2, -0.15) is 0 Å². The molecule has 0 saturated carbocycles. The van der Waals surface area contributed by atoms with E-state index in [1.54, 1.807) is 12.4 Å². The molecule has 1 aliphatic rings. The second-order valence-electron chi connectivity index (χ2n) is 7.26. The maximum absolute atomic E-state index is 5.83. The van der Waals surface area contributed by atoms with Crippen molar-refractivity contribution in [3.05, 3.63) is 95.3 Å². The van der Waals surface area contributed by atoms with Crippen LogP contribution in [0.5, 0.6) is 5.75 Å². The maximum Gasteiger partial charge on any atom is 0.119 e. The van der Waals surface area contributed by atoms with Gasteiger partial charge in [-0.25, -0.2) is 0 Å². The lowest BCUT2D eigenvalue weighted by Gasteiger charge is -2.28. The van der Waals surface area contributed by atoms with Crippen molar-refractivity contribution >= 4 is 0 Å². The molecule has 2 heterocycles. The Morgan fingerprint density at radius 1 is 0.893 bits per heavy atom. The van der Waals surface area contributed by atoms with Crippen molar-refractivity contribution in [2.24, 2.45) is 0 Å². The Balaban J connectivity index is 1.16. The average molecular weight is 374 g/mol. The Labute approximate surface area is 167 Å². The molecule has 0 unspecified atom stereocenters. The van der Waals surface area contributed by atoms with Gasteiger partial charge in [0, 0.05) is 45.1 Å². The van der Waals surface area contributed by atoms with Gasteiger partial charge in [-0.3, -0.25) is 9.88 Å². The largest absolute Gasteiger partial charge is 0.489 e. The number of rotatable bonds is 8. The van der Waals surface area contributed by atoms with E-state index in [4.69, 9.17) is 4.74 Å². The van der Waals surface area contributed by atoms with Crippen LogP contribution in [-0.2, 0) is 26.1 Å². The zero-order valence-electron chi connectivity index (χ0n) is 16.2. The van der Waals surface area contributed by atoms with Gasteiger partial charge in [0.2, 0.25) is 0 Å². The van der Waals surface area contributed by atoms with Gasteiger partial charge in [-0.15, -0.1) is 0 Å². The summed E-state index contributed by atoms with van der Waals surface area (Å²) in [5.74, 6) is 0.896. The first-order valence-electron chi connectivity index (χ1n) is 9.97. The molecule has 144 valence electrons. The number of nitrogens with one attached hydrogen (secondary N) is 1. The minimum absolute atomic E-state index is 0.569. The Morgan fingerprint density at radius 2 is 1.68 bits per heavy atom. The highest BCUT2D eigenvalue weighted by atomic mass is 16.5. The first kappa shape index (κ1) is 18.7. The highest BCUT2D eigenvalue weighted by Gasteiger charge is 2.14. The summed E-state index contributed by atoms with van der Waals surface area (Å²) in [4.78, 5) is 6.55. The zero-order chi connectivity index (χ0) is 19.0. The van der Waals surface area contributed by atoms with Crippen LogP contribution in [0.4, 0.5) is 0 Å². The normalized spacial score (nSPS) is 13.9. The molecule has 4 heteroatoms. The van der Waals surface area contributed by atoms with E-state index in [0.29, 0.717) is 6.61 Å². The fourth-order valence-corrected chi connectivity index (χ4v) is 3.56. The van der Waals surface area contributed by atoms with Crippen molar-refractivity contribution < 1.29 is 4.74 Å². The average Bonchev–Trinajstić information content (AvgIpc) is 2.77. The predicted molar refractivity (Wildman–Crippen MR) is 112 cm³/mol. The molecule has 0 fully saturated rings. The van der Waals surface area contributed by atoms with E-state index in [9.17, 15) is 0 Å². The fourth-order valence-electron chi connectivity index (χ4n) is 3.56. The smallest absolute Gasteiger partial charge is 0.119 e. The molecule has 4 rings (SSSR count). The van der Waals surface area contributed by atoms with Gasteiger partial charge in [0.1, 0.15) is 12.4 Å². The van der Waals surface area contributed by atoms with Crippen LogP contribution >= 0.6 is 0 Å². The maximum atomic E-state index is 5.83. The summed E-state index contributed by atoms with van der Waals surface area (Å²) in [6.07, 6.45) is 4.74. The SMILES string of the molecule is c1ccc2c(c1)CCN(CCNCc1ccc(OCc3ccncc3)cc1)C2. The summed E-state index contributed by atoms with van der Waals surface area (Å²) >= 11 is 0. The molecule has 1 aliphatic heterocycles. The van der Waals surface area contributed by atoms with E-state index < -0.39 is 0 Å². The summed E-state index contributed by atoms with van der Waals surface area (Å²) in [6, 6.07) is 21.1. The molecular weight excluding hydrogens is 346 g/mol. The van der Waals surface area contributed by atoms with Gasteiger partial charge < -0.3 is 10.1 Å². The van der Waals surface area contributed by atoms with Gasteiger partial charge >= 0.3 is 0 Å². The molecule has 1 N–H and O–H groups in total. The molecule has 2 aromatic carbocycles. The molecular formula is C24H27N3O. The van der Waals surface area contributed by atoms with Crippen molar-refractivity contribution in [2.75, 3.05) is 19.6 Å². The van der Waals surface area contributed by atoms with E-state index in [2.05, 4.69) is 51.6 Å². The topological polar surface area (TPSA) is 37.4 Å². The summed E-state index contributed by atoms with van der Waals surface area (Å²) in [6.45, 7) is 5.77. The van der Waals surface area contributed by atoms with Crippen molar-refractivity contribution in [1.82, 2.24) is 15.2 Å². The Morgan fingerprint density at radius 3 is 2.50 bits per heavy atom. The van der Waals surface area contributed by atoms with Crippen molar-refractivity contribution in [1.29, 1.82) is 0 Å². The first-order valence-corrected chi connectivity index (χ1v) is 9.97. The van der Waals surface area contributed by atoms with E-state index in [1.165, 1.54) is 16.7 Å². The lowest BCUT2D eigenvalue weighted by atomic mass is 10.00. The van der Waals surface area contributed by atoms with E-state index in [0.717, 1.165) is 50.5 Å². The van der Waals surface area contributed by atoms with E-state index in [-0.39, 0.29) is 0 Å². The van der Waals surface area contributed by atoms with Crippen LogP contribution in [0, 0.1) is 0 Å². The van der Waals surface area contributed by atoms with Crippen molar-refractivity contribution in [3.63, 3.8) is 0 Å². The molecule has 0 amide bonds. The van der Waals surface area contributed by atoms with Gasteiger partial charge in [0.15, 0.2) is 0 Å². The van der Waals surface area contributed by atoms with Crippen molar-refractivity contribution in [3.8, 4) is 5.75 Å². The number of ether oxygens (including phenoxy) is 1. The van der Waals surface area contributed by atoms with Crippen LogP contribution < -0.4 is 10.1 Å². The number of hydrogen-bond donors (Lipinski definition) is 1. The van der Waals surface area contributed by atoms with Gasteiger partial charge in [-0.1, -0.05) is 36.4 Å². The summed E-state index contributed by atoms with van der Waals surface area (Å²) in [7, 11) is 0. The van der Waals surface area contributed by atoms with Crippen LogP contribution in [-0.4, -0.2) is 29.5 Å². The van der Waals surface area contributed by atoms with E-state index in [1.807, 2.05) is 24.3 Å². The lowest BCUT2D eigenvalue weighted by molar-refractivity contribution is 0.254. The number of aromatic nitrogens is 1. The molecule has 0 saturated heterocycles. The number of fused-ring (bicyclic) bond motifs is 1. The van der Waals surface area contributed by atoms with Gasteiger partial charge in [-0.05, 0) is 52.9 Å². The minimum atomic E-state index is 0.569. The zero-order valence-corrected chi connectivity index (χ0v) is 16.2. The molecule has 0 spiro atoms. The van der Waals surface area contributed by atoms with Crippen LogP contribution in [0.3, 0.4) is 0 Å². The van der Waals surface area contributed by atoms with Gasteiger partial charge in [0.25, 0.3) is 0 Å². The number of pyridine rings is 1. The fraction of sp³-hybridized carbons (Fsp3) is 0.292. The van der Waals surface area contributed by atoms with Gasteiger partial charge in [0.05, 0.1) is 0 Å². The standard InChI is InChI=1S/C24H27N3O/c1-2-4-23-18-27(15-11-22(23)3-1)16-14-26-17-20-5-7-24(8-6-20)28-19-21-9-12-25-13-10-21/h1-10,12-13,26H,11,14-19H2. The number of benzene rings is 2. The van der Waals surface area contributed by atoms with Crippen molar-refractivity contribution in [2.45, 2.75) is 26.1 Å². The quantitative estimate of drug-likeness (QED) is 0.610. The second kappa shape index (κ2) is 9.49. The molecule has 0 radical (unpaired) electrons. The van der Waals surface area contributed by atoms with Crippen LogP contribution in [0.15, 0.2) is 73.1 Å². The van der Waals surface area contributed by atoms with Crippen LogP contribution in [0.2, 0.25) is 0 Å². The Kier molecular flexibility index (Phi) is 6.32. The molecule has 4 nitrogen and oxygen atoms in total. The highest BCUT2D eigenvalue weighted by Crippen LogP contribution is 2.18. The third kappa shape index (κ3) is 5.18. The molecule has 0 atom stereocenters. The molecule has 0 bridgehead atoms. The van der Waals surface area contributed by atoms with E-state index >= 15 is 0 Å². The molecule has 28 heavy (non-hydrogen) atoms. The minimum Gasteiger partial charge on any atom is -0.489 e. The monoisotopic (exact) mass is 373 g/mol. The Hall–Kier alpha value is -2.69. The van der Waals surface area contributed by atoms with Crippen LogP contribution in [0.25, 0.3) is 0 Å². The molecule has 3 aromatic rings. The summed E-state index contributed by atoms with van der Waals surface area (Å²) < 4.78 is 5.83. The third-order valence-corrected chi connectivity index (χ3v) is 5.22. The predicted octanol–water partition coefficient (Wildman–Crippen LogP) is 3.81. The first-order chi connectivity index (χ1) is 13.9.